The van der Waals surface area contributed by atoms with E-state index in [-0.39, 0.29) is 0 Å². The van der Waals surface area contributed by atoms with E-state index in [1.807, 2.05) is 37.4 Å². The molecule has 1 fully saturated rings. The smallest absolute Gasteiger partial charge is 0.161 e. The van der Waals surface area contributed by atoms with Crippen LogP contribution in [0.15, 0.2) is 41.9 Å². The highest BCUT2D eigenvalue weighted by Gasteiger charge is 2.31. The number of ether oxygens (including phenoxy) is 1. The lowest BCUT2D eigenvalue weighted by molar-refractivity contribution is 0.122. The minimum Gasteiger partial charge on any atom is -0.378 e. The van der Waals surface area contributed by atoms with Gasteiger partial charge in [-0.05, 0) is 31.2 Å². The number of fused-ring (bicyclic) bond motifs is 1. The first-order valence-corrected chi connectivity index (χ1v) is 13.1. The van der Waals surface area contributed by atoms with Gasteiger partial charge in [0.05, 0.1) is 29.6 Å². The van der Waals surface area contributed by atoms with Crippen molar-refractivity contribution >= 4 is 37.9 Å². The highest BCUT2D eigenvalue weighted by Crippen LogP contribution is 2.33. The molecular weight excluding hydrogens is 446 g/mol. The average molecular weight is 470 g/mol. The van der Waals surface area contributed by atoms with E-state index in [4.69, 9.17) is 14.7 Å². The fourth-order valence-electron chi connectivity index (χ4n) is 3.95. The lowest BCUT2D eigenvalue weighted by atomic mass is 10.1. The summed E-state index contributed by atoms with van der Waals surface area (Å²) < 4.78 is 31.3. The van der Waals surface area contributed by atoms with Gasteiger partial charge in [0.25, 0.3) is 0 Å². The second kappa shape index (κ2) is 8.27. The van der Waals surface area contributed by atoms with Crippen LogP contribution >= 0.6 is 11.3 Å². The molecule has 8 nitrogen and oxygen atoms in total. The van der Waals surface area contributed by atoms with Crippen LogP contribution in [0.5, 0.6) is 0 Å². The SMILES string of the molecule is Cc1nc(C(c2cc(N3CCOCC3)nc(-c3ccc4[nH]ccc4c3)n2)S(C)(=O)=O)cs1. The molecule has 3 aromatic heterocycles. The fraction of sp³-hybridized carbons (Fsp3) is 0.318. The number of benzene rings is 1. The number of hydrogen-bond donors (Lipinski definition) is 1. The third kappa shape index (κ3) is 4.13. The van der Waals surface area contributed by atoms with Gasteiger partial charge in [-0.2, -0.15) is 0 Å². The van der Waals surface area contributed by atoms with Crippen molar-refractivity contribution in [2.45, 2.75) is 12.2 Å². The summed E-state index contributed by atoms with van der Waals surface area (Å²) in [7, 11) is -3.52. The van der Waals surface area contributed by atoms with E-state index in [9.17, 15) is 8.42 Å². The van der Waals surface area contributed by atoms with Crippen molar-refractivity contribution < 1.29 is 13.2 Å². The molecule has 1 aliphatic heterocycles. The predicted octanol–water partition coefficient (Wildman–Crippen LogP) is 3.36. The van der Waals surface area contributed by atoms with Gasteiger partial charge in [-0.15, -0.1) is 11.3 Å². The second-order valence-corrected chi connectivity index (χ2v) is 11.0. The molecule has 0 spiro atoms. The number of aromatic nitrogens is 4. The lowest BCUT2D eigenvalue weighted by Crippen LogP contribution is -2.37. The Bertz CT molecular complexity index is 1370. The molecule has 0 bridgehead atoms. The van der Waals surface area contributed by atoms with Gasteiger partial charge in [0.15, 0.2) is 15.7 Å². The van der Waals surface area contributed by atoms with Crippen molar-refractivity contribution in [3.8, 4) is 11.4 Å². The third-order valence-electron chi connectivity index (χ3n) is 5.48. The van der Waals surface area contributed by atoms with E-state index < -0.39 is 15.1 Å². The zero-order chi connectivity index (χ0) is 22.3. The standard InChI is InChI=1S/C22H23N5O3S2/c1-14-24-19(13-31-14)21(32(2,28)29)18-12-20(27-7-9-30-10-8-27)26-22(25-18)16-3-4-17-15(11-16)5-6-23-17/h3-6,11-13,21,23H,7-10H2,1-2H3. The summed E-state index contributed by atoms with van der Waals surface area (Å²) in [4.78, 5) is 19.3. The summed E-state index contributed by atoms with van der Waals surface area (Å²) in [6.45, 7) is 4.44. The van der Waals surface area contributed by atoms with Crippen LogP contribution in [-0.4, -0.2) is 60.9 Å². The maximum atomic E-state index is 12.9. The molecule has 0 saturated carbocycles. The maximum absolute atomic E-state index is 12.9. The first-order chi connectivity index (χ1) is 15.4. The van der Waals surface area contributed by atoms with Crippen LogP contribution in [0.4, 0.5) is 5.82 Å². The first kappa shape index (κ1) is 21.0. The number of H-pyrrole nitrogens is 1. The highest BCUT2D eigenvalue weighted by atomic mass is 32.2. The Morgan fingerprint density at radius 1 is 1.09 bits per heavy atom. The highest BCUT2D eigenvalue weighted by molar-refractivity contribution is 7.91. The molecule has 4 aromatic rings. The van der Waals surface area contributed by atoms with Crippen molar-refractivity contribution in [3.05, 3.63) is 58.3 Å². The normalized spacial score (nSPS) is 15.9. The average Bonchev–Trinajstić information content (AvgIpc) is 3.41. The summed E-state index contributed by atoms with van der Waals surface area (Å²) >= 11 is 1.43. The largest absolute Gasteiger partial charge is 0.378 e. The van der Waals surface area contributed by atoms with Crippen LogP contribution in [0.1, 0.15) is 21.6 Å². The van der Waals surface area contributed by atoms with Gasteiger partial charge in [0.2, 0.25) is 0 Å². The molecule has 0 amide bonds. The van der Waals surface area contributed by atoms with E-state index >= 15 is 0 Å². The number of thiazole rings is 1. The molecule has 1 aromatic carbocycles. The molecular formula is C22H23N5O3S2. The van der Waals surface area contributed by atoms with E-state index in [1.54, 1.807) is 11.4 Å². The van der Waals surface area contributed by atoms with Gasteiger partial charge in [-0.25, -0.2) is 23.4 Å². The number of aromatic amines is 1. The summed E-state index contributed by atoms with van der Waals surface area (Å²) in [5.41, 5.74) is 2.77. The Kier molecular flexibility index (Phi) is 5.44. The molecule has 32 heavy (non-hydrogen) atoms. The van der Waals surface area contributed by atoms with Gasteiger partial charge < -0.3 is 14.6 Å². The Hall–Kier alpha value is -2.82. The summed E-state index contributed by atoms with van der Waals surface area (Å²) in [6.07, 6.45) is 3.11. The Balaban J connectivity index is 1.69. The van der Waals surface area contributed by atoms with Gasteiger partial charge in [-0.3, -0.25) is 0 Å². The third-order valence-corrected chi connectivity index (χ3v) is 7.61. The van der Waals surface area contributed by atoms with E-state index in [0.717, 1.165) is 21.5 Å². The summed E-state index contributed by atoms with van der Waals surface area (Å²) in [5.74, 6) is 1.19. The van der Waals surface area contributed by atoms with E-state index in [0.29, 0.717) is 49.3 Å². The first-order valence-electron chi connectivity index (χ1n) is 10.3. The van der Waals surface area contributed by atoms with Gasteiger partial charge in [0.1, 0.15) is 11.1 Å². The lowest BCUT2D eigenvalue weighted by Gasteiger charge is -2.28. The zero-order valence-corrected chi connectivity index (χ0v) is 19.4. The van der Waals surface area contributed by atoms with Crippen LogP contribution in [0.3, 0.4) is 0 Å². The monoisotopic (exact) mass is 469 g/mol. The molecule has 0 aliphatic carbocycles. The predicted molar refractivity (Wildman–Crippen MR) is 126 cm³/mol. The van der Waals surface area contributed by atoms with Gasteiger partial charge >= 0.3 is 0 Å². The Morgan fingerprint density at radius 3 is 2.62 bits per heavy atom. The van der Waals surface area contributed by atoms with Crippen molar-refractivity contribution in [1.82, 2.24) is 19.9 Å². The maximum Gasteiger partial charge on any atom is 0.161 e. The number of nitrogens with zero attached hydrogens (tertiary/aromatic N) is 4. The Morgan fingerprint density at radius 2 is 1.91 bits per heavy atom. The van der Waals surface area contributed by atoms with Crippen LogP contribution in [0, 0.1) is 6.92 Å². The van der Waals surface area contributed by atoms with E-state index in [1.165, 1.54) is 17.6 Å². The van der Waals surface area contributed by atoms with Crippen molar-refractivity contribution in [1.29, 1.82) is 0 Å². The zero-order valence-electron chi connectivity index (χ0n) is 17.8. The molecule has 5 rings (SSSR count). The fourth-order valence-corrected chi connectivity index (χ4v) is 5.80. The number of anilines is 1. The molecule has 0 radical (unpaired) electrons. The van der Waals surface area contributed by atoms with E-state index in [2.05, 4.69) is 14.9 Å². The number of aryl methyl sites for hydroxylation is 1. The molecule has 1 aliphatic rings. The molecule has 1 saturated heterocycles. The van der Waals surface area contributed by atoms with Gasteiger partial charge in [-0.1, -0.05) is 0 Å². The quantitative estimate of drug-likeness (QED) is 0.478. The minimum absolute atomic E-state index is 0.429. The molecule has 1 unspecified atom stereocenters. The van der Waals surface area contributed by atoms with Crippen LogP contribution in [0.25, 0.3) is 22.3 Å². The van der Waals surface area contributed by atoms with Crippen molar-refractivity contribution in [2.75, 3.05) is 37.5 Å². The number of sulfone groups is 1. The number of nitrogens with one attached hydrogen (secondary N) is 1. The number of rotatable bonds is 5. The number of hydrogen-bond acceptors (Lipinski definition) is 8. The second-order valence-electron chi connectivity index (χ2n) is 7.85. The van der Waals surface area contributed by atoms with Crippen LogP contribution < -0.4 is 4.90 Å². The van der Waals surface area contributed by atoms with Crippen LogP contribution in [0.2, 0.25) is 0 Å². The minimum atomic E-state index is -3.52. The molecule has 1 N–H and O–H groups in total. The Labute approximate surface area is 190 Å². The molecule has 4 heterocycles. The van der Waals surface area contributed by atoms with Gasteiger partial charge in [0, 0.05) is 53.5 Å². The number of morpholine rings is 1. The molecule has 166 valence electrons. The summed E-state index contributed by atoms with van der Waals surface area (Å²) in [5, 5.41) is 2.70. The summed E-state index contributed by atoms with van der Waals surface area (Å²) in [6, 6.07) is 9.71. The van der Waals surface area contributed by atoms with Crippen molar-refractivity contribution in [3.63, 3.8) is 0 Å². The molecule has 1 atom stereocenters. The molecule has 10 heteroatoms. The van der Waals surface area contributed by atoms with Crippen molar-refractivity contribution in [2.24, 2.45) is 0 Å². The van der Waals surface area contributed by atoms with Crippen LogP contribution in [-0.2, 0) is 14.6 Å². The topological polar surface area (TPSA) is 101 Å².